The standard InChI is InChI=1S/C19H24BrN5O3/c1-2-21-17(26)11-23-6-3-7-24(9-8-23)18(27)12-25-13-22-16-5-4-14(20)10-15(16)19(25)28/h4-5,10,13H,2-3,6-9,11-12H2,1H3,(H,21,26). The minimum Gasteiger partial charge on any atom is -0.355 e. The number of halogens is 1. The normalized spacial score (nSPS) is 15.4. The molecule has 0 saturated carbocycles. The van der Waals surface area contributed by atoms with Crippen LogP contribution in [0.25, 0.3) is 10.9 Å². The lowest BCUT2D eigenvalue weighted by atomic mass is 10.2. The molecule has 8 nitrogen and oxygen atoms in total. The molecule has 1 N–H and O–H groups in total. The first-order chi connectivity index (χ1) is 13.5. The fraction of sp³-hybridized carbons (Fsp3) is 0.474. The quantitative estimate of drug-likeness (QED) is 0.730. The number of hydrogen-bond acceptors (Lipinski definition) is 5. The highest BCUT2D eigenvalue weighted by Gasteiger charge is 2.21. The van der Waals surface area contributed by atoms with E-state index in [4.69, 9.17) is 0 Å². The van der Waals surface area contributed by atoms with Crippen molar-refractivity contribution in [1.29, 1.82) is 0 Å². The van der Waals surface area contributed by atoms with Crippen molar-refractivity contribution in [1.82, 2.24) is 24.7 Å². The zero-order valence-corrected chi connectivity index (χ0v) is 17.4. The van der Waals surface area contributed by atoms with Crippen LogP contribution in [0.2, 0.25) is 0 Å². The minimum atomic E-state index is -0.229. The molecule has 1 saturated heterocycles. The van der Waals surface area contributed by atoms with E-state index in [2.05, 4.69) is 31.1 Å². The summed E-state index contributed by atoms with van der Waals surface area (Å²) in [5.74, 6) is -0.111. The van der Waals surface area contributed by atoms with E-state index < -0.39 is 0 Å². The summed E-state index contributed by atoms with van der Waals surface area (Å²) in [6.45, 7) is 5.38. The number of fused-ring (bicyclic) bond motifs is 1. The van der Waals surface area contributed by atoms with Gasteiger partial charge in [0.25, 0.3) is 5.56 Å². The SMILES string of the molecule is CCNC(=O)CN1CCCN(C(=O)Cn2cnc3ccc(Br)cc3c2=O)CC1. The van der Waals surface area contributed by atoms with Crippen LogP contribution in [0, 0.1) is 0 Å². The summed E-state index contributed by atoms with van der Waals surface area (Å²) >= 11 is 3.36. The van der Waals surface area contributed by atoms with Gasteiger partial charge in [-0.2, -0.15) is 0 Å². The Morgan fingerprint density at radius 2 is 2.00 bits per heavy atom. The smallest absolute Gasteiger partial charge is 0.261 e. The Kier molecular flexibility index (Phi) is 6.79. The van der Waals surface area contributed by atoms with E-state index in [0.29, 0.717) is 43.6 Å². The number of rotatable bonds is 5. The molecule has 9 heteroatoms. The molecule has 0 radical (unpaired) electrons. The van der Waals surface area contributed by atoms with Gasteiger partial charge in [-0.25, -0.2) is 4.98 Å². The van der Waals surface area contributed by atoms with Crippen molar-refractivity contribution in [2.45, 2.75) is 19.9 Å². The van der Waals surface area contributed by atoms with Crippen molar-refractivity contribution in [2.75, 3.05) is 39.3 Å². The van der Waals surface area contributed by atoms with E-state index in [1.165, 1.54) is 10.9 Å². The molecule has 1 aliphatic rings. The maximum atomic E-state index is 12.7. The second-order valence-electron chi connectivity index (χ2n) is 6.80. The number of aromatic nitrogens is 2. The summed E-state index contributed by atoms with van der Waals surface area (Å²) in [5, 5.41) is 3.28. The van der Waals surface area contributed by atoms with E-state index in [1.54, 1.807) is 17.0 Å². The van der Waals surface area contributed by atoms with Crippen LogP contribution in [-0.2, 0) is 16.1 Å². The van der Waals surface area contributed by atoms with Crippen LogP contribution >= 0.6 is 15.9 Å². The first kappa shape index (κ1) is 20.5. The molecular formula is C19H24BrN5O3. The molecule has 150 valence electrons. The molecule has 28 heavy (non-hydrogen) atoms. The number of carbonyl (C=O) groups is 2. The van der Waals surface area contributed by atoms with E-state index in [1.807, 2.05) is 13.0 Å². The Bertz CT molecular complexity index is 929. The van der Waals surface area contributed by atoms with Gasteiger partial charge in [-0.05, 0) is 31.5 Å². The van der Waals surface area contributed by atoms with Crippen LogP contribution in [0.15, 0.2) is 33.8 Å². The number of likely N-dealkylation sites (N-methyl/N-ethyl adjacent to an activating group) is 1. The molecule has 0 bridgehead atoms. The molecule has 2 heterocycles. The van der Waals surface area contributed by atoms with Gasteiger partial charge in [0.2, 0.25) is 11.8 Å². The summed E-state index contributed by atoms with van der Waals surface area (Å²) in [6, 6.07) is 5.32. The maximum absolute atomic E-state index is 12.7. The largest absolute Gasteiger partial charge is 0.355 e. The molecular weight excluding hydrogens is 426 g/mol. The van der Waals surface area contributed by atoms with Crippen LogP contribution in [-0.4, -0.2) is 70.4 Å². The molecule has 3 rings (SSSR count). The van der Waals surface area contributed by atoms with Crippen LogP contribution < -0.4 is 10.9 Å². The van der Waals surface area contributed by atoms with E-state index in [9.17, 15) is 14.4 Å². The fourth-order valence-corrected chi connectivity index (χ4v) is 3.69. The van der Waals surface area contributed by atoms with Crippen molar-refractivity contribution in [3.63, 3.8) is 0 Å². The van der Waals surface area contributed by atoms with Crippen molar-refractivity contribution >= 4 is 38.6 Å². The van der Waals surface area contributed by atoms with Crippen molar-refractivity contribution in [2.24, 2.45) is 0 Å². The summed E-state index contributed by atoms with van der Waals surface area (Å²) in [7, 11) is 0. The van der Waals surface area contributed by atoms with E-state index in [-0.39, 0.29) is 23.9 Å². The van der Waals surface area contributed by atoms with Crippen LogP contribution in [0.3, 0.4) is 0 Å². The van der Waals surface area contributed by atoms with Gasteiger partial charge in [0, 0.05) is 37.2 Å². The third-order valence-electron chi connectivity index (χ3n) is 4.77. The zero-order valence-electron chi connectivity index (χ0n) is 15.9. The minimum absolute atomic E-state index is 0.00206. The van der Waals surface area contributed by atoms with Crippen molar-refractivity contribution in [3.05, 3.63) is 39.4 Å². The number of nitrogens with zero attached hydrogens (tertiary/aromatic N) is 4. The average Bonchev–Trinajstić information content (AvgIpc) is 2.90. The number of amides is 2. The summed E-state index contributed by atoms with van der Waals surface area (Å²) in [4.78, 5) is 45.3. The maximum Gasteiger partial charge on any atom is 0.261 e. The first-order valence-electron chi connectivity index (χ1n) is 9.39. The number of hydrogen-bond donors (Lipinski definition) is 1. The number of carbonyl (C=O) groups excluding carboxylic acids is 2. The third-order valence-corrected chi connectivity index (χ3v) is 5.27. The second kappa shape index (κ2) is 9.29. The molecule has 1 fully saturated rings. The van der Waals surface area contributed by atoms with Crippen LogP contribution in [0.5, 0.6) is 0 Å². The van der Waals surface area contributed by atoms with E-state index in [0.717, 1.165) is 17.4 Å². The van der Waals surface area contributed by atoms with Crippen LogP contribution in [0.4, 0.5) is 0 Å². The summed E-state index contributed by atoms with van der Waals surface area (Å²) in [6.07, 6.45) is 2.22. The van der Waals surface area contributed by atoms with E-state index >= 15 is 0 Å². The predicted molar refractivity (Wildman–Crippen MR) is 110 cm³/mol. The van der Waals surface area contributed by atoms with Crippen molar-refractivity contribution < 1.29 is 9.59 Å². The van der Waals surface area contributed by atoms with Gasteiger partial charge in [-0.3, -0.25) is 23.9 Å². The topological polar surface area (TPSA) is 87.5 Å². The van der Waals surface area contributed by atoms with Gasteiger partial charge in [0.15, 0.2) is 0 Å². The van der Waals surface area contributed by atoms with Gasteiger partial charge in [-0.15, -0.1) is 0 Å². The van der Waals surface area contributed by atoms with Gasteiger partial charge in [0.1, 0.15) is 6.54 Å². The summed E-state index contributed by atoms with van der Waals surface area (Å²) in [5.41, 5.74) is 0.375. The zero-order chi connectivity index (χ0) is 20.1. The average molecular weight is 450 g/mol. The van der Waals surface area contributed by atoms with Crippen molar-refractivity contribution in [3.8, 4) is 0 Å². The Hall–Kier alpha value is -2.26. The molecule has 0 spiro atoms. The highest BCUT2D eigenvalue weighted by molar-refractivity contribution is 9.10. The van der Waals surface area contributed by atoms with Crippen LogP contribution in [0.1, 0.15) is 13.3 Å². The molecule has 1 aromatic heterocycles. The number of nitrogens with one attached hydrogen (secondary N) is 1. The van der Waals surface area contributed by atoms with Gasteiger partial charge in [0.05, 0.1) is 23.8 Å². The highest BCUT2D eigenvalue weighted by atomic mass is 79.9. The second-order valence-corrected chi connectivity index (χ2v) is 7.72. The molecule has 0 unspecified atom stereocenters. The Morgan fingerprint density at radius 1 is 1.18 bits per heavy atom. The monoisotopic (exact) mass is 449 g/mol. The summed E-state index contributed by atoms with van der Waals surface area (Å²) < 4.78 is 2.15. The Labute approximate surface area is 171 Å². The lowest BCUT2D eigenvalue weighted by Gasteiger charge is -2.22. The Morgan fingerprint density at radius 3 is 2.79 bits per heavy atom. The van der Waals surface area contributed by atoms with Gasteiger partial charge in [-0.1, -0.05) is 15.9 Å². The Balaban J connectivity index is 1.65. The lowest BCUT2D eigenvalue weighted by Crippen LogP contribution is -2.41. The molecule has 1 aromatic carbocycles. The fourth-order valence-electron chi connectivity index (χ4n) is 3.32. The molecule has 2 amide bonds. The molecule has 1 aliphatic heterocycles. The van der Waals surface area contributed by atoms with Gasteiger partial charge >= 0.3 is 0 Å². The molecule has 0 aliphatic carbocycles. The predicted octanol–water partition coefficient (Wildman–Crippen LogP) is 0.829. The first-order valence-corrected chi connectivity index (χ1v) is 10.2. The third kappa shape index (κ3) is 4.96. The highest BCUT2D eigenvalue weighted by Crippen LogP contribution is 2.15. The lowest BCUT2D eigenvalue weighted by molar-refractivity contribution is -0.131. The molecule has 2 aromatic rings. The number of benzene rings is 1. The molecule has 0 atom stereocenters. The van der Waals surface area contributed by atoms with Gasteiger partial charge < -0.3 is 10.2 Å².